The van der Waals surface area contributed by atoms with E-state index in [1.165, 1.54) is 6.92 Å². The minimum absolute atomic E-state index is 0.407. The van der Waals surface area contributed by atoms with E-state index in [-0.39, 0.29) is 0 Å². The van der Waals surface area contributed by atoms with E-state index in [0.717, 1.165) is 5.56 Å². The van der Waals surface area contributed by atoms with Crippen LogP contribution in [0.25, 0.3) is 0 Å². The van der Waals surface area contributed by atoms with Gasteiger partial charge in [-0.15, -0.1) is 0 Å². The summed E-state index contributed by atoms with van der Waals surface area (Å²) in [6, 6.07) is 7.32. The Balaban J connectivity index is 2.57. The molecule has 15 heavy (non-hydrogen) atoms. The van der Waals surface area contributed by atoms with Crippen LogP contribution in [0.2, 0.25) is 5.02 Å². The maximum absolute atomic E-state index is 10.8. The predicted octanol–water partition coefficient (Wildman–Crippen LogP) is 2.07. The second-order valence-electron chi connectivity index (χ2n) is 3.85. The molecule has 82 valence electrons. The second kappa shape index (κ2) is 4.64. The van der Waals surface area contributed by atoms with Crippen molar-refractivity contribution in [3.63, 3.8) is 0 Å². The van der Waals surface area contributed by atoms with Crippen LogP contribution in [0, 0.1) is 0 Å². The second-order valence-corrected chi connectivity index (χ2v) is 4.29. The third kappa shape index (κ3) is 3.53. The smallest absolute Gasteiger partial charge is 0.323 e. The number of halogens is 1. The highest BCUT2D eigenvalue weighted by Gasteiger charge is 2.26. The molecule has 1 aromatic carbocycles. The molecule has 3 N–H and O–H groups in total. The van der Waals surface area contributed by atoms with E-state index in [4.69, 9.17) is 22.4 Å². The number of carboxylic acid groups (broad SMARTS) is 1. The van der Waals surface area contributed by atoms with Crippen molar-refractivity contribution in [2.24, 2.45) is 5.73 Å². The molecule has 0 aliphatic heterocycles. The topological polar surface area (TPSA) is 63.3 Å². The van der Waals surface area contributed by atoms with Gasteiger partial charge < -0.3 is 10.8 Å². The molecule has 0 aliphatic carbocycles. The lowest BCUT2D eigenvalue weighted by molar-refractivity contribution is -0.142. The summed E-state index contributed by atoms with van der Waals surface area (Å²) in [4.78, 5) is 10.8. The number of hydrogen-bond acceptors (Lipinski definition) is 2. The first kappa shape index (κ1) is 12.0. The van der Waals surface area contributed by atoms with Crippen LogP contribution in [0.3, 0.4) is 0 Å². The zero-order chi connectivity index (χ0) is 11.5. The molecule has 0 radical (unpaired) electrons. The normalized spacial score (nSPS) is 14.6. The molecule has 1 aromatic rings. The fourth-order valence-electron chi connectivity index (χ4n) is 1.16. The molecule has 0 spiro atoms. The number of carbonyl (C=O) groups is 1. The average Bonchev–Trinajstić information content (AvgIpc) is 2.17. The van der Waals surface area contributed by atoms with Gasteiger partial charge in [0, 0.05) is 5.02 Å². The lowest BCUT2D eigenvalue weighted by Crippen LogP contribution is -2.45. The molecule has 1 rings (SSSR count). The minimum Gasteiger partial charge on any atom is -0.480 e. The van der Waals surface area contributed by atoms with Crippen molar-refractivity contribution < 1.29 is 9.90 Å². The van der Waals surface area contributed by atoms with Crippen molar-refractivity contribution >= 4 is 17.6 Å². The molecule has 0 fully saturated rings. The van der Waals surface area contributed by atoms with Crippen molar-refractivity contribution in [2.45, 2.75) is 25.3 Å². The van der Waals surface area contributed by atoms with Gasteiger partial charge >= 0.3 is 5.97 Å². The molecule has 0 bridgehead atoms. The third-order valence-electron chi connectivity index (χ3n) is 2.33. The first-order valence-corrected chi connectivity index (χ1v) is 5.06. The molecular weight excluding hydrogens is 214 g/mol. The van der Waals surface area contributed by atoms with Gasteiger partial charge in [0.1, 0.15) is 5.54 Å². The van der Waals surface area contributed by atoms with Gasteiger partial charge in [0.2, 0.25) is 0 Å². The number of benzene rings is 1. The highest BCUT2D eigenvalue weighted by molar-refractivity contribution is 6.30. The van der Waals surface area contributed by atoms with Crippen LogP contribution < -0.4 is 5.73 Å². The van der Waals surface area contributed by atoms with Gasteiger partial charge in [-0.1, -0.05) is 23.7 Å². The van der Waals surface area contributed by atoms with Crippen LogP contribution >= 0.6 is 11.6 Å². The van der Waals surface area contributed by atoms with E-state index in [1.807, 2.05) is 12.1 Å². The Morgan fingerprint density at radius 3 is 2.47 bits per heavy atom. The van der Waals surface area contributed by atoms with Gasteiger partial charge in [-0.25, -0.2) is 0 Å². The van der Waals surface area contributed by atoms with E-state index in [2.05, 4.69) is 0 Å². The third-order valence-corrected chi connectivity index (χ3v) is 2.59. The van der Waals surface area contributed by atoms with Gasteiger partial charge in [-0.3, -0.25) is 4.79 Å². The molecule has 1 atom stereocenters. The van der Waals surface area contributed by atoms with Gasteiger partial charge in [0.15, 0.2) is 0 Å². The summed E-state index contributed by atoms with van der Waals surface area (Å²) in [6.07, 6.45) is 1.04. The van der Waals surface area contributed by atoms with Crippen LogP contribution in [0.1, 0.15) is 18.9 Å². The van der Waals surface area contributed by atoms with E-state index in [0.29, 0.717) is 17.9 Å². The molecule has 3 nitrogen and oxygen atoms in total. The lowest BCUT2D eigenvalue weighted by atomic mass is 9.95. The summed E-state index contributed by atoms with van der Waals surface area (Å²) in [5, 5.41) is 9.49. The SMILES string of the molecule is CC(N)(CCc1ccc(Cl)cc1)C(=O)O. The van der Waals surface area contributed by atoms with Crippen molar-refractivity contribution in [3.8, 4) is 0 Å². The Hall–Kier alpha value is -1.06. The Morgan fingerprint density at radius 2 is 2.00 bits per heavy atom. The Morgan fingerprint density at radius 1 is 1.47 bits per heavy atom. The van der Waals surface area contributed by atoms with Crippen LogP contribution in [0.4, 0.5) is 0 Å². The number of rotatable bonds is 4. The predicted molar refractivity (Wildman–Crippen MR) is 60.0 cm³/mol. The Kier molecular flexibility index (Phi) is 3.72. The van der Waals surface area contributed by atoms with Crippen molar-refractivity contribution in [1.82, 2.24) is 0 Å². The summed E-state index contributed by atoms with van der Waals surface area (Å²) in [6.45, 7) is 1.52. The summed E-state index contributed by atoms with van der Waals surface area (Å²) < 4.78 is 0. The van der Waals surface area contributed by atoms with Gasteiger partial charge in [0.05, 0.1) is 0 Å². The van der Waals surface area contributed by atoms with Crippen molar-refractivity contribution in [1.29, 1.82) is 0 Å². The van der Waals surface area contributed by atoms with Gasteiger partial charge in [0.25, 0.3) is 0 Å². The first-order chi connectivity index (χ1) is 6.92. The summed E-state index contributed by atoms with van der Waals surface area (Å²) >= 11 is 5.73. The number of aliphatic carboxylic acids is 1. The highest BCUT2D eigenvalue weighted by atomic mass is 35.5. The molecule has 0 saturated carbocycles. The van der Waals surface area contributed by atoms with E-state index in [1.54, 1.807) is 12.1 Å². The monoisotopic (exact) mass is 227 g/mol. The zero-order valence-electron chi connectivity index (χ0n) is 8.53. The Labute approximate surface area is 93.9 Å². The average molecular weight is 228 g/mol. The van der Waals surface area contributed by atoms with E-state index >= 15 is 0 Å². The standard InChI is InChI=1S/C11H14ClNO2/c1-11(13,10(14)15)7-6-8-2-4-9(12)5-3-8/h2-5H,6-7,13H2,1H3,(H,14,15). The number of aryl methyl sites for hydroxylation is 1. The molecule has 4 heteroatoms. The molecule has 0 saturated heterocycles. The largest absolute Gasteiger partial charge is 0.480 e. The summed E-state index contributed by atoms with van der Waals surface area (Å²) in [5.74, 6) is -0.975. The zero-order valence-corrected chi connectivity index (χ0v) is 9.29. The number of hydrogen-bond donors (Lipinski definition) is 2. The summed E-state index contributed by atoms with van der Waals surface area (Å²) in [7, 11) is 0. The number of nitrogens with two attached hydrogens (primary N) is 1. The maximum Gasteiger partial charge on any atom is 0.323 e. The molecule has 0 heterocycles. The van der Waals surface area contributed by atoms with Crippen LogP contribution in [-0.2, 0) is 11.2 Å². The number of carboxylic acids is 1. The maximum atomic E-state index is 10.8. The fourth-order valence-corrected chi connectivity index (χ4v) is 1.29. The molecule has 0 aromatic heterocycles. The lowest BCUT2D eigenvalue weighted by Gasteiger charge is -2.18. The summed E-state index contributed by atoms with van der Waals surface area (Å²) in [5.41, 5.74) is 5.48. The van der Waals surface area contributed by atoms with Gasteiger partial charge in [-0.05, 0) is 37.5 Å². The Bertz CT molecular complexity index is 346. The van der Waals surface area contributed by atoms with Crippen LogP contribution in [0.15, 0.2) is 24.3 Å². The van der Waals surface area contributed by atoms with Gasteiger partial charge in [-0.2, -0.15) is 0 Å². The first-order valence-electron chi connectivity index (χ1n) is 4.68. The quantitative estimate of drug-likeness (QED) is 0.828. The highest BCUT2D eigenvalue weighted by Crippen LogP contribution is 2.14. The molecule has 0 aliphatic rings. The van der Waals surface area contributed by atoms with E-state index < -0.39 is 11.5 Å². The van der Waals surface area contributed by atoms with Crippen molar-refractivity contribution in [3.05, 3.63) is 34.9 Å². The molecular formula is C11H14ClNO2. The molecule has 1 unspecified atom stereocenters. The minimum atomic E-state index is -1.17. The van der Waals surface area contributed by atoms with Crippen molar-refractivity contribution in [2.75, 3.05) is 0 Å². The fraction of sp³-hybridized carbons (Fsp3) is 0.364. The molecule has 0 amide bonds. The van der Waals surface area contributed by atoms with Crippen LogP contribution in [0.5, 0.6) is 0 Å². The van der Waals surface area contributed by atoms with Crippen LogP contribution in [-0.4, -0.2) is 16.6 Å². The van der Waals surface area contributed by atoms with E-state index in [9.17, 15) is 4.79 Å².